The number of aryl methyl sites for hydroxylation is 2. The van der Waals surface area contributed by atoms with E-state index < -0.39 is 5.60 Å². The van der Waals surface area contributed by atoms with Crippen molar-refractivity contribution in [3.63, 3.8) is 0 Å². The van der Waals surface area contributed by atoms with Crippen molar-refractivity contribution >= 4 is 0 Å². The molecule has 21 heavy (non-hydrogen) atoms. The van der Waals surface area contributed by atoms with Gasteiger partial charge in [-0.2, -0.15) is 0 Å². The van der Waals surface area contributed by atoms with Crippen LogP contribution in [-0.2, 0) is 12.0 Å². The molecule has 3 N–H and O–H groups in total. The molecule has 3 rings (SSSR count). The van der Waals surface area contributed by atoms with Crippen molar-refractivity contribution < 1.29 is 5.11 Å². The molecule has 1 aromatic carbocycles. The van der Waals surface area contributed by atoms with Crippen LogP contribution in [-0.4, -0.2) is 11.7 Å². The Hall–Kier alpha value is -0.860. The minimum absolute atomic E-state index is 0.119. The summed E-state index contributed by atoms with van der Waals surface area (Å²) >= 11 is 0. The van der Waals surface area contributed by atoms with E-state index in [4.69, 9.17) is 5.73 Å². The molecule has 0 bridgehead atoms. The van der Waals surface area contributed by atoms with Crippen molar-refractivity contribution in [3.05, 3.63) is 34.9 Å². The van der Waals surface area contributed by atoms with Crippen molar-refractivity contribution in [1.82, 2.24) is 0 Å². The Kier molecular flexibility index (Phi) is 4.11. The highest BCUT2D eigenvalue weighted by molar-refractivity contribution is 5.41. The Balaban J connectivity index is 2.02. The van der Waals surface area contributed by atoms with E-state index in [1.807, 2.05) is 0 Å². The van der Waals surface area contributed by atoms with Crippen molar-refractivity contribution in [2.45, 2.75) is 70.3 Å². The van der Waals surface area contributed by atoms with Gasteiger partial charge in [-0.25, -0.2) is 0 Å². The molecule has 0 amide bonds. The second-order valence-electron chi connectivity index (χ2n) is 7.27. The molecule has 0 aromatic heterocycles. The molecule has 1 atom stereocenters. The summed E-state index contributed by atoms with van der Waals surface area (Å²) in [6.45, 7) is 2.73. The summed E-state index contributed by atoms with van der Waals surface area (Å²) in [6.07, 6.45) is 10.3. The Labute approximate surface area is 128 Å². The predicted molar refractivity (Wildman–Crippen MR) is 87.2 cm³/mol. The number of fused-ring (bicyclic) bond motifs is 1. The van der Waals surface area contributed by atoms with Crippen LogP contribution >= 0.6 is 0 Å². The Morgan fingerprint density at radius 3 is 2.38 bits per heavy atom. The van der Waals surface area contributed by atoms with E-state index in [1.54, 1.807) is 0 Å². The maximum absolute atomic E-state index is 11.7. The average Bonchev–Trinajstić information content (AvgIpc) is 2.78. The predicted octanol–water partition coefficient (Wildman–Crippen LogP) is 3.82. The average molecular weight is 287 g/mol. The summed E-state index contributed by atoms with van der Waals surface area (Å²) in [4.78, 5) is 0. The summed E-state index contributed by atoms with van der Waals surface area (Å²) in [5.41, 5.74) is 9.18. The van der Waals surface area contributed by atoms with Crippen LogP contribution in [0.25, 0.3) is 0 Å². The van der Waals surface area contributed by atoms with Crippen LogP contribution in [0.2, 0.25) is 0 Å². The van der Waals surface area contributed by atoms with E-state index in [9.17, 15) is 5.11 Å². The third kappa shape index (κ3) is 2.43. The van der Waals surface area contributed by atoms with Gasteiger partial charge < -0.3 is 10.8 Å². The van der Waals surface area contributed by atoms with E-state index in [1.165, 1.54) is 48.8 Å². The summed E-state index contributed by atoms with van der Waals surface area (Å²) in [6, 6.07) is 6.58. The Morgan fingerprint density at radius 1 is 1.05 bits per heavy atom. The molecule has 0 spiro atoms. The van der Waals surface area contributed by atoms with E-state index in [-0.39, 0.29) is 5.41 Å². The van der Waals surface area contributed by atoms with Crippen LogP contribution in [0.3, 0.4) is 0 Å². The molecular formula is C19H29NO. The minimum Gasteiger partial charge on any atom is -0.385 e. The fourth-order valence-electron chi connectivity index (χ4n) is 4.66. The molecule has 2 aliphatic rings. The van der Waals surface area contributed by atoms with Gasteiger partial charge in [0.25, 0.3) is 0 Å². The molecule has 0 aliphatic heterocycles. The van der Waals surface area contributed by atoms with Crippen molar-refractivity contribution in [2.24, 2.45) is 11.1 Å². The highest BCUT2D eigenvalue weighted by Gasteiger charge is 2.52. The number of rotatable bonds is 2. The van der Waals surface area contributed by atoms with Crippen LogP contribution in [0.1, 0.15) is 68.1 Å². The quantitative estimate of drug-likeness (QED) is 0.868. The summed E-state index contributed by atoms with van der Waals surface area (Å²) in [7, 11) is 0. The summed E-state index contributed by atoms with van der Waals surface area (Å²) < 4.78 is 0. The lowest BCUT2D eigenvalue weighted by Crippen LogP contribution is -2.49. The zero-order valence-corrected chi connectivity index (χ0v) is 13.3. The second kappa shape index (κ2) is 5.73. The smallest absolute Gasteiger partial charge is 0.0970 e. The molecule has 1 fully saturated rings. The summed E-state index contributed by atoms with van der Waals surface area (Å²) in [5, 5.41) is 11.7. The number of hydrogen-bond donors (Lipinski definition) is 2. The van der Waals surface area contributed by atoms with Gasteiger partial charge in [-0.05, 0) is 43.7 Å². The molecule has 2 aliphatic carbocycles. The van der Waals surface area contributed by atoms with E-state index in [0.717, 1.165) is 25.7 Å². The van der Waals surface area contributed by atoms with Gasteiger partial charge >= 0.3 is 0 Å². The van der Waals surface area contributed by atoms with Crippen molar-refractivity contribution in [3.8, 4) is 0 Å². The third-order valence-corrected chi connectivity index (χ3v) is 6.05. The van der Waals surface area contributed by atoms with E-state index >= 15 is 0 Å². The lowest BCUT2D eigenvalue weighted by Gasteiger charge is -2.47. The SMILES string of the molecule is Cc1ccc2c(c1)C(O)(C1(CN)CCCCCCC1)CC2. The fourth-order valence-corrected chi connectivity index (χ4v) is 4.66. The topological polar surface area (TPSA) is 46.2 Å². The largest absolute Gasteiger partial charge is 0.385 e. The third-order valence-electron chi connectivity index (χ3n) is 6.05. The zero-order chi connectivity index (χ0) is 14.9. The zero-order valence-electron chi connectivity index (χ0n) is 13.3. The van der Waals surface area contributed by atoms with Crippen LogP contribution in [0.4, 0.5) is 0 Å². The number of benzene rings is 1. The Bertz CT molecular complexity index is 502. The molecule has 1 aromatic rings. The van der Waals surface area contributed by atoms with E-state index in [0.29, 0.717) is 6.54 Å². The van der Waals surface area contributed by atoms with Gasteiger partial charge in [0.05, 0.1) is 5.60 Å². The lowest BCUT2D eigenvalue weighted by atomic mass is 9.62. The molecule has 2 heteroatoms. The van der Waals surface area contributed by atoms with Crippen LogP contribution in [0.15, 0.2) is 18.2 Å². The highest BCUT2D eigenvalue weighted by Crippen LogP contribution is 2.54. The summed E-state index contributed by atoms with van der Waals surface area (Å²) in [5.74, 6) is 0. The maximum Gasteiger partial charge on any atom is 0.0970 e. The first kappa shape index (κ1) is 15.1. The maximum atomic E-state index is 11.7. The monoisotopic (exact) mass is 287 g/mol. The van der Waals surface area contributed by atoms with Gasteiger partial charge in [0.2, 0.25) is 0 Å². The van der Waals surface area contributed by atoms with Crippen LogP contribution in [0, 0.1) is 12.3 Å². The first-order valence-electron chi connectivity index (χ1n) is 8.64. The normalized spacial score (nSPS) is 28.7. The van der Waals surface area contributed by atoms with Gasteiger partial charge in [-0.1, -0.05) is 55.9 Å². The lowest BCUT2D eigenvalue weighted by molar-refractivity contribution is -0.0995. The molecule has 116 valence electrons. The fraction of sp³-hybridized carbons (Fsp3) is 0.684. The van der Waals surface area contributed by atoms with Gasteiger partial charge in [-0.3, -0.25) is 0 Å². The van der Waals surface area contributed by atoms with Crippen molar-refractivity contribution in [1.29, 1.82) is 0 Å². The standard InChI is InChI=1S/C19H29NO/c1-15-7-8-16-9-12-19(21,17(16)13-15)18(14-20)10-5-3-2-4-6-11-18/h7-8,13,21H,2-6,9-12,14,20H2,1H3. The number of aliphatic hydroxyl groups is 1. The first-order chi connectivity index (χ1) is 10.1. The van der Waals surface area contributed by atoms with Crippen molar-refractivity contribution in [2.75, 3.05) is 6.54 Å². The molecule has 1 saturated carbocycles. The molecule has 0 heterocycles. The molecule has 0 radical (unpaired) electrons. The molecule has 1 unspecified atom stereocenters. The van der Waals surface area contributed by atoms with Gasteiger partial charge in [0, 0.05) is 12.0 Å². The number of nitrogens with two attached hydrogens (primary N) is 1. The molecule has 0 saturated heterocycles. The van der Waals surface area contributed by atoms with Crippen LogP contribution < -0.4 is 5.73 Å². The van der Waals surface area contributed by atoms with E-state index in [2.05, 4.69) is 25.1 Å². The molecular weight excluding hydrogens is 258 g/mol. The first-order valence-corrected chi connectivity index (χ1v) is 8.64. The highest BCUT2D eigenvalue weighted by atomic mass is 16.3. The number of hydrogen-bond acceptors (Lipinski definition) is 2. The Morgan fingerprint density at radius 2 is 1.71 bits per heavy atom. The van der Waals surface area contributed by atoms with Gasteiger partial charge in [0.1, 0.15) is 0 Å². The minimum atomic E-state index is -0.708. The van der Waals surface area contributed by atoms with Crippen LogP contribution in [0.5, 0.6) is 0 Å². The van der Waals surface area contributed by atoms with Gasteiger partial charge in [-0.15, -0.1) is 0 Å². The van der Waals surface area contributed by atoms with Gasteiger partial charge in [0.15, 0.2) is 0 Å². The molecule has 2 nitrogen and oxygen atoms in total. The second-order valence-corrected chi connectivity index (χ2v) is 7.27.